The number of hydrogen-bond acceptors (Lipinski definition) is 4. The summed E-state index contributed by atoms with van der Waals surface area (Å²) in [5.74, 6) is 0. The molecule has 3 nitrogen and oxygen atoms in total. The second kappa shape index (κ2) is 8.13. The minimum atomic E-state index is 0.176. The maximum Gasteiger partial charge on any atom is 0.0596 e. The van der Waals surface area contributed by atoms with Gasteiger partial charge in [-0.2, -0.15) is 0 Å². The van der Waals surface area contributed by atoms with Crippen molar-refractivity contribution in [3.05, 3.63) is 21.9 Å². The number of likely N-dealkylation sites (N-methyl/N-ethyl adjacent to an activating group) is 1. The summed E-state index contributed by atoms with van der Waals surface area (Å²) in [5.41, 5.74) is 0.176. The molecule has 0 unspecified atom stereocenters. The van der Waals surface area contributed by atoms with Crippen LogP contribution < -0.4 is 5.32 Å². The maximum atomic E-state index is 5.58. The maximum absolute atomic E-state index is 5.58. The van der Waals surface area contributed by atoms with Crippen LogP contribution in [0.1, 0.15) is 44.4 Å². The third-order valence-electron chi connectivity index (χ3n) is 2.86. The van der Waals surface area contributed by atoms with Crippen molar-refractivity contribution in [1.82, 2.24) is 10.2 Å². The fourth-order valence-corrected chi connectivity index (χ4v) is 2.78. The Bertz CT molecular complexity index is 382. The number of nitrogens with zero attached hydrogens (tertiary/aromatic N) is 1. The minimum absolute atomic E-state index is 0.176. The number of hydrogen-bond donors (Lipinski definition) is 1. The summed E-state index contributed by atoms with van der Waals surface area (Å²) in [4.78, 5) is 5.14. The van der Waals surface area contributed by atoms with Gasteiger partial charge in [-0.05, 0) is 53.8 Å². The predicted molar refractivity (Wildman–Crippen MR) is 88.3 cm³/mol. The third kappa shape index (κ3) is 8.00. The number of ether oxygens (including phenoxy) is 1. The van der Waals surface area contributed by atoms with Gasteiger partial charge in [-0.3, -0.25) is 4.90 Å². The Morgan fingerprint density at radius 3 is 2.50 bits per heavy atom. The highest BCUT2D eigenvalue weighted by Crippen LogP contribution is 2.18. The van der Waals surface area contributed by atoms with Crippen molar-refractivity contribution in [1.29, 1.82) is 0 Å². The summed E-state index contributed by atoms with van der Waals surface area (Å²) in [6.45, 7) is 14.5. The summed E-state index contributed by atoms with van der Waals surface area (Å²) < 4.78 is 5.58. The Morgan fingerprint density at radius 1 is 1.25 bits per heavy atom. The van der Waals surface area contributed by atoms with Gasteiger partial charge < -0.3 is 10.1 Å². The summed E-state index contributed by atoms with van der Waals surface area (Å²) >= 11 is 1.90. The van der Waals surface area contributed by atoms with Gasteiger partial charge in [0.2, 0.25) is 0 Å². The third-order valence-corrected chi connectivity index (χ3v) is 3.93. The molecule has 20 heavy (non-hydrogen) atoms. The van der Waals surface area contributed by atoms with Crippen molar-refractivity contribution < 1.29 is 4.74 Å². The van der Waals surface area contributed by atoms with E-state index in [1.807, 2.05) is 11.3 Å². The molecule has 0 saturated carbocycles. The monoisotopic (exact) mass is 298 g/mol. The molecule has 0 aliphatic carbocycles. The highest BCUT2D eigenvalue weighted by Gasteiger charge is 2.10. The molecule has 1 heterocycles. The van der Waals surface area contributed by atoms with Crippen LogP contribution in [0.5, 0.6) is 0 Å². The molecular formula is C16H30N2OS. The van der Waals surface area contributed by atoms with E-state index in [9.17, 15) is 0 Å². The van der Waals surface area contributed by atoms with Crippen LogP contribution in [0.2, 0.25) is 0 Å². The minimum Gasteiger partial charge on any atom is -0.377 e. The average molecular weight is 298 g/mol. The summed E-state index contributed by atoms with van der Waals surface area (Å²) in [7, 11) is 2.15. The molecule has 0 radical (unpaired) electrons. The lowest BCUT2D eigenvalue weighted by molar-refractivity contribution is 0.0628. The van der Waals surface area contributed by atoms with E-state index in [1.54, 1.807) is 0 Å². The quantitative estimate of drug-likeness (QED) is 0.795. The highest BCUT2D eigenvalue weighted by atomic mass is 32.1. The zero-order chi connectivity index (χ0) is 15.2. The Morgan fingerprint density at radius 2 is 1.90 bits per heavy atom. The molecular weight excluding hydrogens is 268 g/mol. The molecule has 0 atom stereocenters. The standard InChI is InChI=1S/C16H30N2OS/c1-13(2)19-10-9-18(6)12-15-8-7-14(20-15)11-17-16(3,4)5/h7-8,13,17H,9-12H2,1-6H3. The Balaban J connectivity index is 2.32. The first kappa shape index (κ1) is 17.6. The molecule has 1 N–H and O–H groups in total. The van der Waals surface area contributed by atoms with Crippen molar-refractivity contribution in [2.75, 3.05) is 20.2 Å². The highest BCUT2D eigenvalue weighted by molar-refractivity contribution is 7.11. The smallest absolute Gasteiger partial charge is 0.0596 e. The van der Waals surface area contributed by atoms with Gasteiger partial charge in [0.05, 0.1) is 12.7 Å². The van der Waals surface area contributed by atoms with E-state index in [-0.39, 0.29) is 5.54 Å². The van der Waals surface area contributed by atoms with Crippen LogP contribution in [0.25, 0.3) is 0 Å². The Hall–Kier alpha value is -0.420. The second-order valence-corrected chi connectivity index (χ2v) is 7.88. The SMILES string of the molecule is CC(C)OCCN(C)Cc1ccc(CNC(C)(C)C)s1. The van der Waals surface area contributed by atoms with E-state index >= 15 is 0 Å². The Labute approximate surface area is 128 Å². The van der Waals surface area contributed by atoms with Gasteiger partial charge in [0, 0.05) is 34.9 Å². The largest absolute Gasteiger partial charge is 0.377 e. The van der Waals surface area contributed by atoms with Crippen molar-refractivity contribution in [2.24, 2.45) is 0 Å². The predicted octanol–water partition coefficient (Wildman–Crippen LogP) is 3.49. The molecule has 0 bridgehead atoms. The van der Waals surface area contributed by atoms with E-state index in [0.717, 1.165) is 26.2 Å². The molecule has 1 rings (SSSR count). The van der Waals surface area contributed by atoms with E-state index in [2.05, 4.69) is 64.0 Å². The molecule has 116 valence electrons. The van der Waals surface area contributed by atoms with Gasteiger partial charge in [0.15, 0.2) is 0 Å². The lowest BCUT2D eigenvalue weighted by Gasteiger charge is -2.19. The van der Waals surface area contributed by atoms with Gasteiger partial charge in [-0.25, -0.2) is 0 Å². The summed E-state index contributed by atoms with van der Waals surface area (Å²) in [5, 5.41) is 3.53. The molecule has 0 aliphatic rings. The van der Waals surface area contributed by atoms with Gasteiger partial charge in [0.1, 0.15) is 0 Å². The van der Waals surface area contributed by atoms with Crippen LogP contribution in [0.4, 0.5) is 0 Å². The molecule has 0 spiro atoms. The van der Waals surface area contributed by atoms with Crippen molar-refractivity contribution in [3.8, 4) is 0 Å². The van der Waals surface area contributed by atoms with Crippen LogP contribution in [-0.4, -0.2) is 36.7 Å². The zero-order valence-corrected chi connectivity index (χ0v) is 14.6. The normalized spacial score (nSPS) is 12.6. The topological polar surface area (TPSA) is 24.5 Å². The van der Waals surface area contributed by atoms with E-state index in [4.69, 9.17) is 4.74 Å². The van der Waals surface area contributed by atoms with Gasteiger partial charge >= 0.3 is 0 Å². The molecule has 1 aromatic heterocycles. The second-order valence-electron chi connectivity index (χ2n) is 6.63. The molecule has 4 heteroatoms. The van der Waals surface area contributed by atoms with E-state index in [1.165, 1.54) is 9.75 Å². The molecule has 0 amide bonds. The average Bonchev–Trinajstić information content (AvgIpc) is 2.72. The van der Waals surface area contributed by atoms with E-state index in [0.29, 0.717) is 6.10 Å². The lowest BCUT2D eigenvalue weighted by atomic mass is 10.1. The molecule has 0 aromatic carbocycles. The van der Waals surface area contributed by atoms with Crippen molar-refractivity contribution in [3.63, 3.8) is 0 Å². The summed E-state index contributed by atoms with van der Waals surface area (Å²) in [6.07, 6.45) is 0.320. The summed E-state index contributed by atoms with van der Waals surface area (Å²) in [6, 6.07) is 4.47. The van der Waals surface area contributed by atoms with Crippen LogP contribution in [0.15, 0.2) is 12.1 Å². The van der Waals surface area contributed by atoms with Crippen LogP contribution in [0.3, 0.4) is 0 Å². The van der Waals surface area contributed by atoms with Gasteiger partial charge in [0.25, 0.3) is 0 Å². The first-order chi connectivity index (χ1) is 9.26. The number of thiophene rings is 1. The Kier molecular flexibility index (Phi) is 7.17. The molecule has 0 saturated heterocycles. The van der Waals surface area contributed by atoms with Gasteiger partial charge in [-0.15, -0.1) is 11.3 Å². The first-order valence-electron chi connectivity index (χ1n) is 7.39. The van der Waals surface area contributed by atoms with Gasteiger partial charge in [-0.1, -0.05) is 0 Å². The lowest BCUT2D eigenvalue weighted by Crippen LogP contribution is -2.34. The first-order valence-corrected chi connectivity index (χ1v) is 8.20. The number of rotatable bonds is 8. The van der Waals surface area contributed by atoms with Crippen molar-refractivity contribution in [2.45, 2.75) is 59.4 Å². The molecule has 1 aromatic rings. The van der Waals surface area contributed by atoms with E-state index < -0.39 is 0 Å². The van der Waals surface area contributed by atoms with Crippen LogP contribution >= 0.6 is 11.3 Å². The van der Waals surface area contributed by atoms with Crippen molar-refractivity contribution >= 4 is 11.3 Å². The van der Waals surface area contributed by atoms with Crippen LogP contribution in [-0.2, 0) is 17.8 Å². The molecule has 0 aliphatic heterocycles. The fraction of sp³-hybridized carbons (Fsp3) is 0.750. The molecule has 0 fully saturated rings. The number of nitrogens with one attached hydrogen (secondary N) is 1. The van der Waals surface area contributed by atoms with Crippen LogP contribution in [0, 0.1) is 0 Å². The fourth-order valence-electron chi connectivity index (χ4n) is 1.74. The zero-order valence-electron chi connectivity index (χ0n) is 13.8.